The molecule has 0 aliphatic heterocycles. The van der Waals surface area contributed by atoms with Gasteiger partial charge in [0.2, 0.25) is 0 Å². The van der Waals surface area contributed by atoms with Gasteiger partial charge in [0, 0.05) is 23.7 Å². The zero-order valence-corrected chi connectivity index (χ0v) is 18.1. The zero-order valence-electron chi connectivity index (χ0n) is 18.1. The van der Waals surface area contributed by atoms with Crippen molar-refractivity contribution in [1.29, 1.82) is 0 Å². The molecule has 0 amide bonds. The number of rotatable bonds is 10. The summed E-state index contributed by atoms with van der Waals surface area (Å²) in [6.45, 7) is -0.409. The molecule has 2 N–H and O–H groups in total. The minimum Gasteiger partial charge on any atom is -0.482 e. The molecule has 0 spiro atoms. The van der Waals surface area contributed by atoms with Gasteiger partial charge in [-0.1, -0.05) is 72.8 Å². The lowest BCUT2D eigenvalue weighted by molar-refractivity contribution is -0.139. The van der Waals surface area contributed by atoms with E-state index < -0.39 is 12.6 Å². The first kappa shape index (κ1) is 22.3. The fraction of sp³-hybridized carbons (Fsp3) is 0.185. The average molecular weight is 443 g/mol. The molecule has 0 bridgehead atoms. The highest BCUT2D eigenvalue weighted by Gasteiger charge is 2.23. The van der Waals surface area contributed by atoms with E-state index in [0.29, 0.717) is 30.2 Å². The van der Waals surface area contributed by atoms with Crippen LogP contribution in [-0.4, -0.2) is 34.4 Å². The van der Waals surface area contributed by atoms with E-state index in [4.69, 9.17) is 19.2 Å². The van der Waals surface area contributed by atoms with Gasteiger partial charge in [-0.15, -0.1) is 0 Å². The minimum absolute atomic E-state index is 0.0103. The Kier molecular flexibility index (Phi) is 7.17. The van der Waals surface area contributed by atoms with E-state index in [2.05, 4.69) is 0 Å². The number of aromatic nitrogens is 1. The maximum Gasteiger partial charge on any atom is 0.341 e. The summed E-state index contributed by atoms with van der Waals surface area (Å²) < 4.78 is 11.6. The Hall–Kier alpha value is -3.90. The number of ether oxygens (including phenoxy) is 1. The molecular weight excluding hydrogens is 418 g/mol. The van der Waals surface area contributed by atoms with Crippen molar-refractivity contribution in [1.82, 2.24) is 4.98 Å². The van der Waals surface area contributed by atoms with Crippen molar-refractivity contribution >= 4 is 5.97 Å². The van der Waals surface area contributed by atoms with Crippen molar-refractivity contribution in [3.8, 4) is 28.3 Å². The summed E-state index contributed by atoms with van der Waals surface area (Å²) >= 11 is 0. The first-order valence-corrected chi connectivity index (χ1v) is 10.8. The third-order valence-corrected chi connectivity index (χ3v) is 5.30. The Bertz CT molecular complexity index is 1130. The van der Waals surface area contributed by atoms with Crippen LogP contribution < -0.4 is 4.74 Å². The number of hydrogen-bond donors (Lipinski definition) is 2. The molecule has 6 heteroatoms. The molecule has 0 saturated carbocycles. The molecule has 1 atom stereocenters. The number of carbonyl (C=O) groups is 1. The van der Waals surface area contributed by atoms with Crippen molar-refractivity contribution in [2.75, 3.05) is 13.2 Å². The lowest BCUT2D eigenvalue weighted by Gasteiger charge is -2.13. The topological polar surface area (TPSA) is 92.8 Å². The number of nitrogens with zero attached hydrogens (tertiary/aromatic N) is 1. The normalized spacial score (nSPS) is 11.8. The van der Waals surface area contributed by atoms with Gasteiger partial charge >= 0.3 is 5.97 Å². The highest BCUT2D eigenvalue weighted by atomic mass is 16.5. The lowest BCUT2D eigenvalue weighted by atomic mass is 9.96. The Labute approximate surface area is 192 Å². The van der Waals surface area contributed by atoms with Gasteiger partial charge < -0.3 is 19.4 Å². The van der Waals surface area contributed by atoms with Crippen LogP contribution in [0.5, 0.6) is 5.75 Å². The van der Waals surface area contributed by atoms with Crippen LogP contribution in [0.4, 0.5) is 0 Å². The minimum atomic E-state index is -1.03. The number of oxazole rings is 1. The van der Waals surface area contributed by atoms with Crippen LogP contribution in [-0.2, 0) is 11.2 Å². The van der Waals surface area contributed by atoms with Crippen LogP contribution >= 0.6 is 0 Å². The van der Waals surface area contributed by atoms with Crippen molar-refractivity contribution in [3.63, 3.8) is 0 Å². The molecule has 1 heterocycles. The summed E-state index contributed by atoms with van der Waals surface area (Å²) in [7, 11) is 0. The van der Waals surface area contributed by atoms with E-state index in [1.807, 2.05) is 78.9 Å². The molecule has 33 heavy (non-hydrogen) atoms. The van der Waals surface area contributed by atoms with Gasteiger partial charge in [-0.25, -0.2) is 9.78 Å². The van der Waals surface area contributed by atoms with Crippen LogP contribution in [0.1, 0.15) is 23.8 Å². The average Bonchev–Trinajstić information content (AvgIpc) is 3.29. The molecule has 0 aliphatic carbocycles. The predicted octanol–water partition coefficient (Wildman–Crippen LogP) is 5.18. The number of carboxylic acids is 1. The van der Waals surface area contributed by atoms with E-state index in [0.717, 1.165) is 22.4 Å². The van der Waals surface area contributed by atoms with Gasteiger partial charge in [0.15, 0.2) is 18.3 Å². The number of aliphatic hydroxyl groups is 1. The molecule has 0 saturated heterocycles. The molecule has 3 aromatic carbocycles. The van der Waals surface area contributed by atoms with E-state index in [1.165, 1.54) is 0 Å². The summed E-state index contributed by atoms with van der Waals surface area (Å²) in [5.41, 5.74) is 3.59. The van der Waals surface area contributed by atoms with Crippen molar-refractivity contribution in [2.24, 2.45) is 0 Å². The van der Waals surface area contributed by atoms with Gasteiger partial charge in [0.25, 0.3) is 0 Å². The third kappa shape index (κ3) is 5.67. The standard InChI is InChI=1S/C27H25NO5/c29-15-14-22(16-19-8-7-13-23(17-19)32-18-24(30)31)27-28-25(20-9-3-1-4-10-20)26(33-27)21-11-5-2-6-12-21/h1-13,17,22,29H,14-16,18H2,(H,30,31). The molecular formula is C27H25NO5. The van der Waals surface area contributed by atoms with E-state index in [-0.39, 0.29) is 12.5 Å². The first-order valence-electron chi connectivity index (χ1n) is 10.8. The molecule has 4 rings (SSSR count). The van der Waals surface area contributed by atoms with Crippen molar-refractivity contribution < 1.29 is 24.2 Å². The Morgan fingerprint density at radius 3 is 2.30 bits per heavy atom. The summed E-state index contributed by atoms with van der Waals surface area (Å²) in [5.74, 6) is 0.543. The Balaban J connectivity index is 1.67. The van der Waals surface area contributed by atoms with Gasteiger partial charge in [-0.2, -0.15) is 0 Å². The monoisotopic (exact) mass is 443 g/mol. The SMILES string of the molecule is O=C(O)COc1cccc(CC(CCO)c2nc(-c3ccccc3)c(-c3ccccc3)o2)c1. The lowest BCUT2D eigenvalue weighted by Crippen LogP contribution is -2.10. The molecule has 4 aromatic rings. The number of aliphatic hydroxyl groups excluding tert-OH is 1. The molecule has 0 fully saturated rings. The van der Waals surface area contributed by atoms with Crippen LogP contribution in [0.25, 0.3) is 22.6 Å². The van der Waals surface area contributed by atoms with Crippen LogP contribution in [0.2, 0.25) is 0 Å². The van der Waals surface area contributed by atoms with Gasteiger partial charge in [0.1, 0.15) is 11.4 Å². The van der Waals surface area contributed by atoms with Crippen molar-refractivity contribution in [2.45, 2.75) is 18.8 Å². The zero-order chi connectivity index (χ0) is 23.0. The van der Waals surface area contributed by atoms with Gasteiger partial charge in [-0.3, -0.25) is 0 Å². The van der Waals surface area contributed by atoms with Crippen LogP contribution in [0.3, 0.4) is 0 Å². The molecule has 0 aliphatic rings. The van der Waals surface area contributed by atoms with Crippen LogP contribution in [0, 0.1) is 0 Å². The highest BCUT2D eigenvalue weighted by Crippen LogP contribution is 2.36. The second kappa shape index (κ2) is 10.6. The molecule has 168 valence electrons. The fourth-order valence-electron chi connectivity index (χ4n) is 3.75. The quantitative estimate of drug-likeness (QED) is 0.351. The summed E-state index contributed by atoms with van der Waals surface area (Å²) in [6, 6.07) is 27.0. The maximum atomic E-state index is 10.8. The van der Waals surface area contributed by atoms with Crippen molar-refractivity contribution in [3.05, 3.63) is 96.4 Å². The second-order valence-electron chi connectivity index (χ2n) is 7.71. The largest absolute Gasteiger partial charge is 0.482 e. The maximum absolute atomic E-state index is 10.8. The summed E-state index contributed by atoms with van der Waals surface area (Å²) in [6.07, 6.45) is 1.04. The fourth-order valence-corrected chi connectivity index (χ4v) is 3.75. The molecule has 6 nitrogen and oxygen atoms in total. The van der Waals surface area contributed by atoms with Crippen LogP contribution in [0.15, 0.2) is 89.3 Å². The Morgan fingerprint density at radius 2 is 1.64 bits per heavy atom. The number of hydrogen-bond acceptors (Lipinski definition) is 5. The smallest absolute Gasteiger partial charge is 0.341 e. The van der Waals surface area contributed by atoms with Gasteiger partial charge in [0.05, 0.1) is 0 Å². The first-order chi connectivity index (χ1) is 16.1. The van der Waals surface area contributed by atoms with E-state index in [1.54, 1.807) is 6.07 Å². The van der Waals surface area contributed by atoms with E-state index >= 15 is 0 Å². The summed E-state index contributed by atoms with van der Waals surface area (Å²) in [5, 5.41) is 18.6. The number of benzene rings is 3. The predicted molar refractivity (Wildman–Crippen MR) is 125 cm³/mol. The molecule has 1 aromatic heterocycles. The van der Waals surface area contributed by atoms with Gasteiger partial charge in [-0.05, 0) is 30.5 Å². The highest BCUT2D eigenvalue weighted by molar-refractivity contribution is 5.76. The molecule has 0 radical (unpaired) electrons. The number of aliphatic carboxylic acids is 1. The van der Waals surface area contributed by atoms with E-state index in [9.17, 15) is 9.90 Å². The number of carboxylic acid groups (broad SMARTS) is 1. The third-order valence-electron chi connectivity index (χ3n) is 5.30. The summed E-state index contributed by atoms with van der Waals surface area (Å²) in [4.78, 5) is 15.7. The second-order valence-corrected chi connectivity index (χ2v) is 7.71. The molecule has 1 unspecified atom stereocenters. The Morgan fingerprint density at radius 1 is 0.939 bits per heavy atom.